The van der Waals surface area contributed by atoms with E-state index in [9.17, 15) is 4.79 Å². The summed E-state index contributed by atoms with van der Waals surface area (Å²) in [6, 6.07) is 7.47. The zero-order valence-corrected chi connectivity index (χ0v) is 12.7. The molecule has 106 valence electrons. The van der Waals surface area contributed by atoms with E-state index >= 15 is 0 Å². The number of nitrogens with zero attached hydrogens (tertiary/aromatic N) is 3. The minimum absolute atomic E-state index is 0.139. The number of carbonyl (C=O) groups excluding carboxylic acids is 1. The van der Waals surface area contributed by atoms with Gasteiger partial charge < -0.3 is 10.6 Å². The van der Waals surface area contributed by atoms with E-state index in [1.165, 1.54) is 4.68 Å². The highest BCUT2D eigenvalue weighted by molar-refractivity contribution is 9.10. The molecule has 0 saturated heterocycles. The lowest BCUT2D eigenvalue weighted by molar-refractivity contribution is -0.116. The normalized spacial score (nSPS) is 10.5. The molecule has 0 fully saturated rings. The molecule has 1 aromatic heterocycles. The van der Waals surface area contributed by atoms with E-state index in [2.05, 4.69) is 36.9 Å². The van der Waals surface area contributed by atoms with Crippen molar-refractivity contribution in [3.8, 4) is 0 Å². The molecular formula is C13H16BrN5O. The van der Waals surface area contributed by atoms with Crippen molar-refractivity contribution < 1.29 is 4.79 Å². The number of hydrogen-bond donors (Lipinski definition) is 2. The largest absolute Gasteiger partial charge is 0.323 e. The van der Waals surface area contributed by atoms with Crippen LogP contribution in [0.5, 0.6) is 0 Å². The second-order valence-corrected chi connectivity index (χ2v) is 5.07. The van der Waals surface area contributed by atoms with Gasteiger partial charge in [-0.25, -0.2) is 4.68 Å². The first kappa shape index (κ1) is 14.7. The second kappa shape index (κ2) is 7.16. The van der Waals surface area contributed by atoms with Crippen molar-refractivity contribution in [2.24, 2.45) is 0 Å². The summed E-state index contributed by atoms with van der Waals surface area (Å²) >= 11 is 3.39. The number of amides is 1. The predicted molar refractivity (Wildman–Crippen MR) is 80.2 cm³/mol. The van der Waals surface area contributed by atoms with Crippen LogP contribution in [-0.2, 0) is 17.9 Å². The van der Waals surface area contributed by atoms with E-state index in [-0.39, 0.29) is 12.5 Å². The Morgan fingerprint density at radius 2 is 2.20 bits per heavy atom. The number of anilines is 1. The molecule has 2 aromatic rings. The number of nitrogens with one attached hydrogen (secondary N) is 2. The lowest BCUT2D eigenvalue weighted by Crippen LogP contribution is -2.19. The standard InChI is InChI=1S/C13H16BrN5O/c1-2-15-7-10-8-19(18-17-10)9-13(20)16-12-6-4-3-5-11(12)14/h3-6,8,15H,2,7,9H2,1H3,(H,16,20). The van der Waals surface area contributed by atoms with Crippen molar-refractivity contribution in [3.05, 3.63) is 40.6 Å². The van der Waals surface area contributed by atoms with Gasteiger partial charge in [-0.05, 0) is 34.6 Å². The van der Waals surface area contributed by atoms with Crippen LogP contribution in [-0.4, -0.2) is 27.4 Å². The van der Waals surface area contributed by atoms with Gasteiger partial charge in [0.2, 0.25) is 5.91 Å². The third-order valence-electron chi connectivity index (χ3n) is 2.60. The van der Waals surface area contributed by atoms with Gasteiger partial charge in [-0.1, -0.05) is 24.3 Å². The minimum atomic E-state index is -0.142. The highest BCUT2D eigenvalue weighted by Gasteiger charge is 2.07. The van der Waals surface area contributed by atoms with Crippen molar-refractivity contribution in [2.45, 2.75) is 20.0 Å². The maximum atomic E-state index is 11.9. The van der Waals surface area contributed by atoms with Crippen LogP contribution in [0, 0.1) is 0 Å². The molecular weight excluding hydrogens is 322 g/mol. The molecule has 2 rings (SSSR count). The zero-order valence-electron chi connectivity index (χ0n) is 11.1. The molecule has 0 aliphatic carbocycles. The molecule has 2 N–H and O–H groups in total. The van der Waals surface area contributed by atoms with Gasteiger partial charge in [-0.15, -0.1) is 5.10 Å². The summed E-state index contributed by atoms with van der Waals surface area (Å²) in [5, 5.41) is 13.9. The van der Waals surface area contributed by atoms with Crippen LogP contribution >= 0.6 is 15.9 Å². The monoisotopic (exact) mass is 337 g/mol. The average molecular weight is 338 g/mol. The Morgan fingerprint density at radius 1 is 1.40 bits per heavy atom. The lowest BCUT2D eigenvalue weighted by Gasteiger charge is -2.06. The Balaban J connectivity index is 1.91. The second-order valence-electron chi connectivity index (χ2n) is 4.22. The van der Waals surface area contributed by atoms with Gasteiger partial charge >= 0.3 is 0 Å². The van der Waals surface area contributed by atoms with Crippen LogP contribution in [0.15, 0.2) is 34.9 Å². The minimum Gasteiger partial charge on any atom is -0.323 e. The highest BCUT2D eigenvalue weighted by atomic mass is 79.9. The molecule has 0 unspecified atom stereocenters. The topological polar surface area (TPSA) is 71.8 Å². The van der Waals surface area contributed by atoms with Gasteiger partial charge in [0.15, 0.2) is 0 Å². The van der Waals surface area contributed by atoms with Crippen molar-refractivity contribution in [1.82, 2.24) is 20.3 Å². The number of halogens is 1. The van der Waals surface area contributed by atoms with Crippen molar-refractivity contribution >= 4 is 27.5 Å². The number of aromatic nitrogens is 3. The summed E-state index contributed by atoms with van der Waals surface area (Å²) in [6.45, 7) is 3.69. The Hall–Kier alpha value is -1.73. The fourth-order valence-corrected chi connectivity index (χ4v) is 2.03. The van der Waals surface area contributed by atoms with Gasteiger partial charge in [0, 0.05) is 11.0 Å². The molecule has 7 heteroatoms. The highest BCUT2D eigenvalue weighted by Crippen LogP contribution is 2.20. The molecule has 1 heterocycles. The summed E-state index contributed by atoms with van der Waals surface area (Å²) in [4.78, 5) is 11.9. The number of rotatable bonds is 6. The van der Waals surface area contributed by atoms with Crippen LogP contribution in [0.2, 0.25) is 0 Å². The summed E-state index contributed by atoms with van der Waals surface area (Å²) in [7, 11) is 0. The first-order valence-corrected chi connectivity index (χ1v) is 7.12. The Bertz CT molecular complexity index is 584. The predicted octanol–water partition coefficient (Wildman–Crippen LogP) is 1.79. The fourth-order valence-electron chi connectivity index (χ4n) is 1.65. The molecule has 0 atom stereocenters. The molecule has 20 heavy (non-hydrogen) atoms. The van der Waals surface area contributed by atoms with Gasteiger partial charge in [0.1, 0.15) is 6.54 Å². The van der Waals surface area contributed by atoms with E-state index in [4.69, 9.17) is 0 Å². The van der Waals surface area contributed by atoms with Crippen LogP contribution in [0.25, 0.3) is 0 Å². The van der Waals surface area contributed by atoms with Crippen LogP contribution in [0.3, 0.4) is 0 Å². The number of para-hydroxylation sites is 1. The Morgan fingerprint density at radius 3 is 2.95 bits per heavy atom. The summed E-state index contributed by atoms with van der Waals surface area (Å²) in [5.41, 5.74) is 1.56. The molecule has 0 spiro atoms. The molecule has 0 aliphatic rings. The van der Waals surface area contributed by atoms with Crippen LogP contribution in [0.1, 0.15) is 12.6 Å². The first-order valence-electron chi connectivity index (χ1n) is 6.33. The van der Waals surface area contributed by atoms with Gasteiger partial charge in [-0.3, -0.25) is 4.79 Å². The fraction of sp³-hybridized carbons (Fsp3) is 0.308. The third-order valence-corrected chi connectivity index (χ3v) is 3.29. The Labute approximate surface area is 125 Å². The Kier molecular flexibility index (Phi) is 5.25. The van der Waals surface area contributed by atoms with E-state index < -0.39 is 0 Å². The van der Waals surface area contributed by atoms with Gasteiger partial charge in [-0.2, -0.15) is 0 Å². The average Bonchev–Trinajstić information content (AvgIpc) is 2.86. The number of carbonyl (C=O) groups is 1. The van der Waals surface area contributed by atoms with Crippen LogP contribution in [0.4, 0.5) is 5.69 Å². The lowest BCUT2D eigenvalue weighted by atomic mass is 10.3. The number of hydrogen-bond acceptors (Lipinski definition) is 4. The summed E-state index contributed by atoms with van der Waals surface area (Å²) in [5.74, 6) is -0.142. The van der Waals surface area contributed by atoms with Crippen molar-refractivity contribution in [2.75, 3.05) is 11.9 Å². The zero-order chi connectivity index (χ0) is 14.4. The molecule has 1 amide bonds. The van der Waals surface area contributed by atoms with Gasteiger partial charge in [0.25, 0.3) is 0 Å². The SMILES string of the molecule is CCNCc1cn(CC(=O)Nc2ccccc2Br)nn1. The quantitative estimate of drug-likeness (QED) is 0.842. The smallest absolute Gasteiger partial charge is 0.246 e. The molecule has 0 bridgehead atoms. The summed E-state index contributed by atoms with van der Waals surface area (Å²) in [6.07, 6.45) is 1.77. The molecule has 1 aromatic carbocycles. The van der Waals surface area contributed by atoms with Crippen molar-refractivity contribution in [3.63, 3.8) is 0 Å². The molecule has 0 saturated carbocycles. The third kappa shape index (κ3) is 4.14. The van der Waals surface area contributed by atoms with E-state index in [1.54, 1.807) is 6.20 Å². The molecule has 6 nitrogen and oxygen atoms in total. The van der Waals surface area contributed by atoms with Gasteiger partial charge in [0.05, 0.1) is 17.6 Å². The van der Waals surface area contributed by atoms with E-state index in [1.807, 2.05) is 31.2 Å². The maximum absolute atomic E-state index is 11.9. The molecule has 0 radical (unpaired) electrons. The van der Waals surface area contributed by atoms with E-state index in [0.29, 0.717) is 6.54 Å². The molecule has 0 aliphatic heterocycles. The number of benzene rings is 1. The van der Waals surface area contributed by atoms with E-state index in [0.717, 1.165) is 22.4 Å². The van der Waals surface area contributed by atoms with Crippen molar-refractivity contribution in [1.29, 1.82) is 0 Å². The van der Waals surface area contributed by atoms with Crippen LogP contribution < -0.4 is 10.6 Å². The maximum Gasteiger partial charge on any atom is 0.246 e. The first-order chi connectivity index (χ1) is 9.69. The summed E-state index contributed by atoms with van der Waals surface area (Å²) < 4.78 is 2.37.